The van der Waals surface area contributed by atoms with Gasteiger partial charge in [0.2, 0.25) is 0 Å². The van der Waals surface area contributed by atoms with Gasteiger partial charge in [-0.2, -0.15) is 0 Å². The number of carbonyl (C=O) groups is 1. The van der Waals surface area contributed by atoms with E-state index in [-0.39, 0.29) is 5.91 Å². The van der Waals surface area contributed by atoms with Crippen molar-refractivity contribution < 1.29 is 4.79 Å². The van der Waals surface area contributed by atoms with E-state index in [0.717, 1.165) is 49.5 Å². The molecule has 3 heteroatoms. The van der Waals surface area contributed by atoms with Gasteiger partial charge in [0.15, 0.2) is 0 Å². The average molecular weight is 274 g/mol. The Hall–Kier alpha value is -1.35. The van der Waals surface area contributed by atoms with Crippen LogP contribution in [-0.4, -0.2) is 37.5 Å². The van der Waals surface area contributed by atoms with E-state index < -0.39 is 0 Å². The van der Waals surface area contributed by atoms with Gasteiger partial charge in [-0.1, -0.05) is 25.1 Å². The van der Waals surface area contributed by atoms with Crippen molar-refractivity contribution in [2.45, 2.75) is 32.6 Å². The number of nitrogens with zero attached hydrogens (tertiary/aromatic N) is 1. The highest BCUT2D eigenvalue weighted by atomic mass is 16.2. The van der Waals surface area contributed by atoms with Crippen LogP contribution in [0.2, 0.25) is 0 Å². The Morgan fingerprint density at radius 2 is 2.00 bits per heavy atom. The van der Waals surface area contributed by atoms with Crippen molar-refractivity contribution in [1.82, 2.24) is 10.2 Å². The number of hydrogen-bond donors (Lipinski definition) is 1. The minimum absolute atomic E-state index is 0.163. The van der Waals surface area contributed by atoms with Gasteiger partial charge in [0.1, 0.15) is 0 Å². The molecule has 3 nitrogen and oxygen atoms in total. The zero-order valence-corrected chi connectivity index (χ0v) is 12.7. The third-order valence-corrected chi connectivity index (χ3v) is 4.31. The molecule has 1 N–H and O–H groups in total. The Morgan fingerprint density at radius 3 is 2.70 bits per heavy atom. The van der Waals surface area contributed by atoms with Gasteiger partial charge < -0.3 is 10.2 Å². The van der Waals surface area contributed by atoms with Crippen molar-refractivity contribution in [1.29, 1.82) is 0 Å². The largest absolute Gasteiger partial charge is 0.342 e. The molecule has 0 atom stereocenters. The Kier molecular flexibility index (Phi) is 5.60. The summed E-state index contributed by atoms with van der Waals surface area (Å²) in [6.45, 7) is 5.21. The molecule has 0 unspecified atom stereocenters. The number of benzene rings is 1. The van der Waals surface area contributed by atoms with E-state index in [1.807, 2.05) is 36.2 Å². The molecule has 0 saturated carbocycles. The molecule has 20 heavy (non-hydrogen) atoms. The average Bonchev–Trinajstić information content (AvgIpc) is 2.52. The molecule has 1 aliphatic rings. The Labute approximate surface area is 122 Å². The normalized spacial score (nSPS) is 16.1. The van der Waals surface area contributed by atoms with Crippen LogP contribution in [0.4, 0.5) is 0 Å². The second-order valence-electron chi connectivity index (χ2n) is 5.72. The van der Waals surface area contributed by atoms with Gasteiger partial charge in [0.25, 0.3) is 5.91 Å². The molecule has 1 aliphatic heterocycles. The highest BCUT2D eigenvalue weighted by Crippen LogP contribution is 2.17. The summed E-state index contributed by atoms with van der Waals surface area (Å²) in [6.07, 6.45) is 4.52. The van der Waals surface area contributed by atoms with Crippen molar-refractivity contribution in [2.24, 2.45) is 5.92 Å². The van der Waals surface area contributed by atoms with Crippen molar-refractivity contribution in [3.8, 4) is 0 Å². The van der Waals surface area contributed by atoms with E-state index in [1.54, 1.807) is 0 Å². The first kappa shape index (κ1) is 15.0. The molecule has 1 amide bonds. The Morgan fingerprint density at radius 1 is 1.30 bits per heavy atom. The number of rotatable bonds is 5. The topological polar surface area (TPSA) is 32.3 Å². The van der Waals surface area contributed by atoms with Crippen molar-refractivity contribution >= 4 is 5.91 Å². The van der Waals surface area contributed by atoms with Crippen molar-refractivity contribution in [3.05, 3.63) is 35.4 Å². The lowest BCUT2D eigenvalue weighted by Gasteiger charge is -2.25. The number of amides is 1. The lowest BCUT2D eigenvalue weighted by Crippen LogP contribution is -2.33. The van der Waals surface area contributed by atoms with Gasteiger partial charge in [-0.15, -0.1) is 0 Å². The fourth-order valence-electron chi connectivity index (χ4n) is 2.89. The second-order valence-corrected chi connectivity index (χ2v) is 5.72. The summed E-state index contributed by atoms with van der Waals surface area (Å²) >= 11 is 0. The van der Waals surface area contributed by atoms with Crippen LogP contribution >= 0.6 is 0 Å². The van der Waals surface area contributed by atoms with Gasteiger partial charge in [0, 0.05) is 19.2 Å². The van der Waals surface area contributed by atoms with E-state index in [9.17, 15) is 4.79 Å². The van der Waals surface area contributed by atoms with Crippen molar-refractivity contribution in [2.75, 3.05) is 26.7 Å². The summed E-state index contributed by atoms with van der Waals surface area (Å²) in [5, 5.41) is 3.39. The van der Waals surface area contributed by atoms with E-state index in [1.165, 1.54) is 12.8 Å². The molecule has 0 spiro atoms. The van der Waals surface area contributed by atoms with E-state index in [4.69, 9.17) is 0 Å². The summed E-state index contributed by atoms with van der Waals surface area (Å²) in [4.78, 5) is 14.4. The third kappa shape index (κ3) is 3.83. The van der Waals surface area contributed by atoms with Gasteiger partial charge in [-0.3, -0.25) is 4.79 Å². The maximum atomic E-state index is 12.5. The number of nitrogens with one attached hydrogen (secondary N) is 1. The van der Waals surface area contributed by atoms with Crippen LogP contribution in [0.1, 0.15) is 42.1 Å². The molecule has 1 aromatic rings. The maximum absolute atomic E-state index is 12.5. The van der Waals surface area contributed by atoms with Crippen LogP contribution in [0, 0.1) is 5.92 Å². The smallest absolute Gasteiger partial charge is 0.253 e. The molecule has 0 radical (unpaired) electrons. The first-order chi connectivity index (χ1) is 9.72. The lowest BCUT2D eigenvalue weighted by molar-refractivity contribution is 0.0783. The molecule has 1 heterocycles. The summed E-state index contributed by atoms with van der Waals surface area (Å²) in [5.41, 5.74) is 2.01. The molecule has 2 rings (SSSR count). The highest BCUT2D eigenvalue weighted by molar-refractivity contribution is 5.95. The first-order valence-corrected chi connectivity index (χ1v) is 7.76. The molecule has 1 aromatic carbocycles. The van der Waals surface area contributed by atoms with Gasteiger partial charge >= 0.3 is 0 Å². The molecule has 0 bridgehead atoms. The fraction of sp³-hybridized carbons (Fsp3) is 0.588. The molecule has 1 saturated heterocycles. The third-order valence-electron chi connectivity index (χ3n) is 4.31. The van der Waals surface area contributed by atoms with Gasteiger partial charge in [-0.05, 0) is 56.3 Å². The second kappa shape index (κ2) is 7.44. The summed E-state index contributed by atoms with van der Waals surface area (Å²) in [6, 6.07) is 7.95. The molecule has 1 fully saturated rings. The number of hydrogen-bond acceptors (Lipinski definition) is 2. The van der Waals surface area contributed by atoms with Crippen LogP contribution < -0.4 is 5.32 Å². The summed E-state index contributed by atoms with van der Waals surface area (Å²) in [7, 11) is 1.93. The number of piperidine rings is 1. The zero-order valence-electron chi connectivity index (χ0n) is 12.7. The summed E-state index contributed by atoms with van der Waals surface area (Å²) < 4.78 is 0. The van der Waals surface area contributed by atoms with Crippen LogP contribution in [0.3, 0.4) is 0 Å². The molecular weight excluding hydrogens is 248 g/mol. The molecule has 0 aliphatic carbocycles. The quantitative estimate of drug-likeness (QED) is 0.895. The fourth-order valence-corrected chi connectivity index (χ4v) is 2.89. The van der Waals surface area contributed by atoms with Crippen molar-refractivity contribution in [3.63, 3.8) is 0 Å². The SMILES string of the molecule is CCc1ccccc1C(=O)N(C)CCC1CCNCC1. The lowest BCUT2D eigenvalue weighted by atomic mass is 9.94. The monoisotopic (exact) mass is 274 g/mol. The minimum atomic E-state index is 0.163. The maximum Gasteiger partial charge on any atom is 0.253 e. The number of aryl methyl sites for hydroxylation is 1. The van der Waals surface area contributed by atoms with E-state index >= 15 is 0 Å². The Balaban J connectivity index is 1.90. The zero-order chi connectivity index (χ0) is 14.4. The van der Waals surface area contributed by atoms with Gasteiger partial charge in [-0.25, -0.2) is 0 Å². The van der Waals surface area contributed by atoms with Crippen LogP contribution in [-0.2, 0) is 6.42 Å². The van der Waals surface area contributed by atoms with Gasteiger partial charge in [0.05, 0.1) is 0 Å². The predicted molar refractivity (Wildman–Crippen MR) is 83.0 cm³/mol. The molecular formula is C17H26N2O. The number of carbonyl (C=O) groups excluding carboxylic acids is 1. The standard InChI is InChI=1S/C17H26N2O/c1-3-15-6-4-5-7-16(15)17(20)19(2)13-10-14-8-11-18-12-9-14/h4-7,14,18H,3,8-13H2,1-2H3. The Bertz CT molecular complexity index is 438. The summed E-state index contributed by atoms with van der Waals surface area (Å²) in [5.74, 6) is 0.935. The van der Waals surface area contributed by atoms with Crippen LogP contribution in [0.5, 0.6) is 0 Å². The minimum Gasteiger partial charge on any atom is -0.342 e. The van der Waals surface area contributed by atoms with Crippen LogP contribution in [0.25, 0.3) is 0 Å². The van der Waals surface area contributed by atoms with E-state index in [0.29, 0.717) is 0 Å². The highest BCUT2D eigenvalue weighted by Gasteiger charge is 2.17. The molecule has 110 valence electrons. The first-order valence-electron chi connectivity index (χ1n) is 7.76. The van der Waals surface area contributed by atoms with E-state index in [2.05, 4.69) is 12.2 Å². The predicted octanol–water partition coefficient (Wildman–Crippen LogP) is 2.71. The molecule has 0 aromatic heterocycles. The van der Waals surface area contributed by atoms with Crippen LogP contribution in [0.15, 0.2) is 24.3 Å².